The molecule has 2 rings (SSSR count). The Morgan fingerprint density at radius 3 is 2.50 bits per heavy atom. The van der Waals surface area contributed by atoms with Crippen molar-refractivity contribution < 1.29 is 22.4 Å². The molecule has 2 aromatic rings. The van der Waals surface area contributed by atoms with E-state index in [2.05, 4.69) is 4.42 Å². The van der Waals surface area contributed by atoms with Crippen molar-refractivity contribution in [2.75, 3.05) is 0 Å². The number of benzene rings is 1. The van der Waals surface area contributed by atoms with Crippen LogP contribution in [0.1, 0.15) is 23.0 Å². The molecule has 84 valence electrons. The van der Waals surface area contributed by atoms with E-state index in [-0.39, 0.29) is 16.8 Å². The first-order chi connectivity index (χ1) is 7.38. The lowest BCUT2D eigenvalue weighted by molar-refractivity contribution is -0.152. The van der Waals surface area contributed by atoms with Gasteiger partial charge in [0.05, 0.1) is 0 Å². The lowest BCUT2D eigenvalue weighted by Gasteiger charge is -1.98. The molecule has 0 aliphatic carbocycles. The smallest absolute Gasteiger partial charge is 0.449 e. The summed E-state index contributed by atoms with van der Waals surface area (Å²) in [4.78, 5) is 11.0. The second kappa shape index (κ2) is 3.37. The van der Waals surface area contributed by atoms with Gasteiger partial charge in [0.15, 0.2) is 5.78 Å². The largest absolute Gasteiger partial charge is 0.452 e. The summed E-state index contributed by atoms with van der Waals surface area (Å²) in [5.41, 5.74) is 0.486. The average molecular weight is 228 g/mol. The van der Waals surface area contributed by atoms with Crippen molar-refractivity contribution >= 4 is 16.8 Å². The molecule has 0 aliphatic rings. The van der Waals surface area contributed by atoms with E-state index in [4.69, 9.17) is 0 Å². The van der Waals surface area contributed by atoms with Crippen LogP contribution in [0, 0.1) is 0 Å². The first kappa shape index (κ1) is 10.7. The number of alkyl halides is 3. The topological polar surface area (TPSA) is 30.2 Å². The highest BCUT2D eigenvalue weighted by Crippen LogP contribution is 2.33. The number of ketones is 1. The van der Waals surface area contributed by atoms with Gasteiger partial charge < -0.3 is 4.42 Å². The van der Waals surface area contributed by atoms with Crippen molar-refractivity contribution in [2.24, 2.45) is 0 Å². The highest BCUT2D eigenvalue weighted by atomic mass is 19.4. The molecule has 0 bridgehead atoms. The van der Waals surface area contributed by atoms with Gasteiger partial charge in [-0.05, 0) is 31.2 Å². The van der Waals surface area contributed by atoms with E-state index in [1.807, 2.05) is 0 Å². The maximum Gasteiger partial charge on any atom is 0.449 e. The minimum absolute atomic E-state index is 0.123. The van der Waals surface area contributed by atoms with Gasteiger partial charge in [0.2, 0.25) is 5.76 Å². The number of carbonyl (C=O) groups excluding carboxylic acids is 1. The number of fused-ring (bicyclic) bond motifs is 1. The molecule has 0 fully saturated rings. The molecule has 5 heteroatoms. The second-order valence-electron chi connectivity index (χ2n) is 3.42. The van der Waals surface area contributed by atoms with Gasteiger partial charge >= 0.3 is 6.18 Å². The Balaban J connectivity index is 2.59. The predicted octanol–water partition coefficient (Wildman–Crippen LogP) is 3.65. The number of rotatable bonds is 1. The molecular weight excluding hydrogens is 221 g/mol. The summed E-state index contributed by atoms with van der Waals surface area (Å²) in [5, 5.41) is 0.278. The van der Waals surface area contributed by atoms with Crippen molar-refractivity contribution in [1.29, 1.82) is 0 Å². The monoisotopic (exact) mass is 228 g/mol. The summed E-state index contributed by atoms with van der Waals surface area (Å²) in [6.45, 7) is 1.35. The predicted molar refractivity (Wildman–Crippen MR) is 51.2 cm³/mol. The quantitative estimate of drug-likeness (QED) is 0.697. The summed E-state index contributed by atoms with van der Waals surface area (Å²) in [6.07, 6.45) is -4.50. The van der Waals surface area contributed by atoms with Gasteiger partial charge in [-0.25, -0.2) is 0 Å². The Kier molecular flexibility index (Phi) is 2.26. The first-order valence-electron chi connectivity index (χ1n) is 4.49. The summed E-state index contributed by atoms with van der Waals surface area (Å²) < 4.78 is 41.6. The van der Waals surface area contributed by atoms with Crippen LogP contribution in [0.2, 0.25) is 0 Å². The molecule has 0 spiro atoms. The molecule has 0 atom stereocenters. The van der Waals surface area contributed by atoms with Crippen LogP contribution in [0.3, 0.4) is 0 Å². The molecule has 0 aliphatic heterocycles. The zero-order chi connectivity index (χ0) is 11.9. The van der Waals surface area contributed by atoms with Gasteiger partial charge in [-0.2, -0.15) is 13.2 Å². The number of furan rings is 1. The van der Waals surface area contributed by atoms with Crippen LogP contribution < -0.4 is 0 Å². The molecule has 0 radical (unpaired) electrons. The summed E-state index contributed by atoms with van der Waals surface area (Å²) in [7, 11) is 0. The van der Waals surface area contributed by atoms with Crippen LogP contribution in [-0.2, 0) is 6.18 Å². The van der Waals surface area contributed by atoms with Crippen LogP contribution in [0.5, 0.6) is 0 Å². The van der Waals surface area contributed by atoms with Crippen LogP contribution in [0.25, 0.3) is 11.0 Å². The van der Waals surface area contributed by atoms with Crippen molar-refractivity contribution in [3.05, 3.63) is 35.6 Å². The van der Waals surface area contributed by atoms with Gasteiger partial charge in [-0.15, -0.1) is 0 Å². The lowest BCUT2D eigenvalue weighted by Crippen LogP contribution is -2.01. The normalized spacial score (nSPS) is 12.0. The molecule has 1 aromatic heterocycles. The Morgan fingerprint density at radius 2 is 1.94 bits per heavy atom. The van der Waals surface area contributed by atoms with Gasteiger partial charge in [0.1, 0.15) is 5.58 Å². The minimum Gasteiger partial charge on any atom is -0.452 e. The van der Waals surface area contributed by atoms with Gasteiger partial charge in [0.25, 0.3) is 0 Å². The Hall–Kier alpha value is -1.78. The third kappa shape index (κ3) is 1.80. The standard InChI is InChI=1S/C11H7F3O2/c1-6(15)7-2-3-9-8(4-7)5-10(16-9)11(12,13)14/h2-5H,1H3. The molecule has 16 heavy (non-hydrogen) atoms. The van der Waals surface area contributed by atoms with E-state index >= 15 is 0 Å². The maximum absolute atomic E-state index is 12.3. The van der Waals surface area contributed by atoms with Crippen LogP contribution in [-0.4, -0.2) is 5.78 Å². The summed E-state index contributed by atoms with van der Waals surface area (Å²) in [6, 6.07) is 5.08. The van der Waals surface area contributed by atoms with E-state index in [9.17, 15) is 18.0 Å². The van der Waals surface area contributed by atoms with Crippen molar-refractivity contribution in [1.82, 2.24) is 0 Å². The fourth-order valence-corrected chi connectivity index (χ4v) is 1.40. The van der Waals surface area contributed by atoms with Crippen molar-refractivity contribution in [2.45, 2.75) is 13.1 Å². The van der Waals surface area contributed by atoms with E-state index in [1.165, 1.54) is 25.1 Å². The van der Waals surface area contributed by atoms with Crippen LogP contribution >= 0.6 is 0 Å². The summed E-state index contributed by atoms with van der Waals surface area (Å²) in [5.74, 6) is -1.25. The Labute approximate surface area is 88.7 Å². The number of Topliss-reactive ketones (excluding diaryl/α,β-unsaturated/α-hetero) is 1. The van der Waals surface area contributed by atoms with Crippen molar-refractivity contribution in [3.63, 3.8) is 0 Å². The third-order valence-electron chi connectivity index (χ3n) is 2.20. The molecule has 0 saturated heterocycles. The Morgan fingerprint density at radius 1 is 1.25 bits per heavy atom. The van der Waals surface area contributed by atoms with E-state index in [1.54, 1.807) is 0 Å². The molecule has 0 unspecified atom stereocenters. The number of hydrogen-bond acceptors (Lipinski definition) is 2. The minimum atomic E-state index is -4.50. The molecule has 2 nitrogen and oxygen atoms in total. The molecule has 0 N–H and O–H groups in total. The summed E-state index contributed by atoms with van der Waals surface area (Å²) >= 11 is 0. The Bertz CT molecular complexity index is 552. The SMILES string of the molecule is CC(=O)c1ccc2oc(C(F)(F)F)cc2c1. The zero-order valence-corrected chi connectivity index (χ0v) is 8.26. The molecule has 1 heterocycles. The number of halogens is 3. The lowest BCUT2D eigenvalue weighted by atomic mass is 10.1. The van der Waals surface area contributed by atoms with Crippen molar-refractivity contribution in [3.8, 4) is 0 Å². The fraction of sp³-hybridized carbons (Fsp3) is 0.182. The maximum atomic E-state index is 12.3. The number of hydrogen-bond donors (Lipinski definition) is 0. The number of carbonyl (C=O) groups is 1. The zero-order valence-electron chi connectivity index (χ0n) is 8.26. The molecule has 1 aromatic carbocycles. The second-order valence-corrected chi connectivity index (χ2v) is 3.42. The third-order valence-corrected chi connectivity index (χ3v) is 2.20. The van der Waals surface area contributed by atoms with E-state index in [0.717, 1.165) is 6.07 Å². The molecule has 0 amide bonds. The van der Waals surface area contributed by atoms with E-state index < -0.39 is 11.9 Å². The highest BCUT2D eigenvalue weighted by molar-refractivity contribution is 5.97. The highest BCUT2D eigenvalue weighted by Gasteiger charge is 2.35. The van der Waals surface area contributed by atoms with Gasteiger partial charge in [-0.1, -0.05) is 0 Å². The molecule has 0 saturated carbocycles. The molecular formula is C11H7F3O2. The van der Waals surface area contributed by atoms with E-state index in [0.29, 0.717) is 5.56 Å². The van der Waals surface area contributed by atoms with Crippen LogP contribution in [0.4, 0.5) is 13.2 Å². The van der Waals surface area contributed by atoms with Gasteiger partial charge in [0, 0.05) is 10.9 Å². The van der Waals surface area contributed by atoms with Crippen LogP contribution in [0.15, 0.2) is 28.7 Å². The fourth-order valence-electron chi connectivity index (χ4n) is 1.40. The first-order valence-corrected chi connectivity index (χ1v) is 4.49. The average Bonchev–Trinajstić information content (AvgIpc) is 2.58. The van der Waals surface area contributed by atoms with Gasteiger partial charge in [-0.3, -0.25) is 4.79 Å².